The summed E-state index contributed by atoms with van der Waals surface area (Å²) >= 11 is 2.92. The van der Waals surface area contributed by atoms with Gasteiger partial charge in [0.1, 0.15) is 5.97 Å². The van der Waals surface area contributed by atoms with E-state index in [-0.39, 0.29) is 0 Å². The topological polar surface area (TPSA) is 40.1 Å². The molecule has 0 fully saturated rings. The molecule has 0 spiro atoms. The summed E-state index contributed by atoms with van der Waals surface area (Å²) in [5.41, 5.74) is 0. The molecular formula is C5H5F3O2Pd. The summed E-state index contributed by atoms with van der Waals surface area (Å²) in [6, 6.07) is 0. The number of rotatable bonds is 1. The maximum absolute atomic E-state index is 10.5. The van der Waals surface area contributed by atoms with E-state index in [2.05, 4.69) is 25.8 Å². The third kappa shape index (κ3) is 12.8. The Labute approximate surface area is 72.5 Å². The standard InChI is InChI=1S/C3H5.C2HF3O2.Pd/c1-3-2;3-2(4,5)1(6)7;/h3H,1-2H2;(H,6,7);/q;;+1/p-1. The van der Waals surface area contributed by atoms with Crippen LogP contribution in [0.4, 0.5) is 13.2 Å². The van der Waals surface area contributed by atoms with Gasteiger partial charge >= 0.3 is 42.9 Å². The van der Waals surface area contributed by atoms with Gasteiger partial charge in [-0.1, -0.05) is 0 Å². The molecule has 0 unspecified atom stereocenters. The number of alkyl halides is 3. The Morgan fingerprint density at radius 2 is 1.82 bits per heavy atom. The van der Waals surface area contributed by atoms with Gasteiger partial charge in [-0.2, -0.15) is 13.2 Å². The molecule has 0 saturated heterocycles. The fourth-order valence-electron chi connectivity index (χ4n) is 0. The normalized spacial score (nSPS) is 9.55. The zero-order valence-corrected chi connectivity index (χ0v) is 6.81. The van der Waals surface area contributed by atoms with Gasteiger partial charge in [-0.05, 0) is 0 Å². The van der Waals surface area contributed by atoms with Crippen LogP contribution in [0.3, 0.4) is 0 Å². The minimum atomic E-state index is -5.19. The number of hydrogen-bond acceptors (Lipinski definition) is 2. The van der Waals surface area contributed by atoms with E-state index in [1.165, 1.54) is 0 Å². The molecule has 0 aromatic carbocycles. The molecule has 0 aliphatic carbocycles. The van der Waals surface area contributed by atoms with Crippen molar-refractivity contribution in [2.75, 3.05) is 0 Å². The fraction of sp³-hybridized carbons (Fsp3) is 0.400. The van der Waals surface area contributed by atoms with Gasteiger partial charge in [0, 0.05) is 0 Å². The molecule has 68 valence electrons. The Hall–Kier alpha value is -0.338. The van der Waals surface area contributed by atoms with E-state index < -0.39 is 12.1 Å². The van der Waals surface area contributed by atoms with Crippen LogP contribution in [0.25, 0.3) is 0 Å². The number of halogens is 3. The van der Waals surface area contributed by atoms with Crippen molar-refractivity contribution in [3.63, 3.8) is 0 Å². The third-order valence-corrected chi connectivity index (χ3v) is 0.772. The first-order chi connectivity index (χ1) is 4.86. The second kappa shape index (κ2) is 6.38. The zero-order valence-electron chi connectivity index (χ0n) is 5.26. The van der Waals surface area contributed by atoms with Crippen LogP contribution in [0.1, 0.15) is 0 Å². The summed E-state index contributed by atoms with van der Waals surface area (Å²) in [6.07, 6.45) is -3.39. The maximum Gasteiger partial charge on any atom is 0.430 e. The summed E-state index contributed by atoms with van der Waals surface area (Å²) in [6.45, 7) is 3.44. The van der Waals surface area contributed by atoms with E-state index >= 15 is 0 Å². The van der Waals surface area contributed by atoms with Gasteiger partial charge in [-0.25, -0.2) is 0 Å². The Bertz CT molecular complexity index is 132. The second-order valence-corrected chi connectivity index (χ2v) is 1.84. The van der Waals surface area contributed by atoms with Crippen LogP contribution in [0, 0.1) is 0 Å². The summed E-state index contributed by atoms with van der Waals surface area (Å²) in [5.74, 6) is -3.01. The molecular weight excluding hydrogens is 255 g/mol. The smallest absolute Gasteiger partial charge is 0.430 e. The largest absolute Gasteiger partial charge is 0.542 e. The number of hydrogen-bond donors (Lipinski definition) is 0. The van der Waals surface area contributed by atoms with Crippen molar-refractivity contribution in [2.24, 2.45) is 0 Å². The first kappa shape index (κ1) is 13.3. The van der Waals surface area contributed by atoms with Crippen LogP contribution < -0.4 is 5.11 Å². The molecule has 0 heterocycles. The summed E-state index contributed by atoms with van der Waals surface area (Å²) in [5, 5.41) is 8.78. The summed E-state index contributed by atoms with van der Waals surface area (Å²) in [7, 11) is 0. The first-order valence-electron chi connectivity index (χ1n) is 2.27. The Morgan fingerprint density at radius 3 is 1.82 bits per heavy atom. The van der Waals surface area contributed by atoms with Crippen LogP contribution in [-0.2, 0) is 24.0 Å². The minimum Gasteiger partial charge on any atom is -0.542 e. The summed E-state index contributed by atoms with van der Waals surface area (Å²) in [4.78, 5) is 9.72. The van der Waals surface area contributed by atoms with E-state index in [1.54, 1.807) is 0 Å². The SMILES string of the molecule is C=C[CH2][Pd+].O=C([O-])C(F)(F)F. The minimum absolute atomic E-state index is 0.933. The van der Waals surface area contributed by atoms with E-state index in [9.17, 15) is 13.2 Å². The molecule has 2 nitrogen and oxygen atoms in total. The predicted molar refractivity (Wildman–Crippen MR) is 26.1 cm³/mol. The van der Waals surface area contributed by atoms with E-state index in [0.717, 1.165) is 4.89 Å². The monoisotopic (exact) mass is 260 g/mol. The predicted octanol–water partition coefficient (Wildman–Crippen LogP) is 0.436. The third-order valence-electron chi connectivity index (χ3n) is 0.323. The van der Waals surface area contributed by atoms with Gasteiger partial charge in [0.05, 0.1) is 0 Å². The molecule has 0 bridgehead atoms. The van der Waals surface area contributed by atoms with Gasteiger partial charge in [0.15, 0.2) is 0 Å². The second-order valence-electron chi connectivity index (χ2n) is 1.20. The van der Waals surface area contributed by atoms with E-state index in [1.807, 2.05) is 6.08 Å². The van der Waals surface area contributed by atoms with E-state index in [0.29, 0.717) is 0 Å². The maximum atomic E-state index is 10.5. The Kier molecular flexibility index (Phi) is 7.69. The van der Waals surface area contributed by atoms with Crippen LogP contribution >= 0.6 is 0 Å². The van der Waals surface area contributed by atoms with Gasteiger partial charge in [-0.3, -0.25) is 0 Å². The molecule has 0 radical (unpaired) electrons. The number of allylic oxidation sites excluding steroid dienone is 1. The van der Waals surface area contributed by atoms with Crippen LogP contribution in [-0.4, -0.2) is 12.1 Å². The van der Waals surface area contributed by atoms with Crippen molar-refractivity contribution < 1.29 is 42.3 Å². The molecule has 0 aromatic heterocycles. The average molecular weight is 261 g/mol. The quantitative estimate of drug-likeness (QED) is 0.507. The van der Waals surface area contributed by atoms with Crippen LogP contribution in [0.15, 0.2) is 12.7 Å². The molecule has 0 aliphatic rings. The number of carbonyl (C=O) groups excluding carboxylic acids is 1. The molecule has 0 aliphatic heterocycles. The average Bonchev–Trinajstić information content (AvgIpc) is 1.87. The van der Waals surface area contributed by atoms with Crippen molar-refractivity contribution in [1.82, 2.24) is 0 Å². The van der Waals surface area contributed by atoms with Crippen LogP contribution in [0.2, 0.25) is 4.89 Å². The first-order valence-corrected chi connectivity index (χ1v) is 3.36. The Morgan fingerprint density at radius 1 is 1.64 bits per heavy atom. The number of carbonyl (C=O) groups is 1. The summed E-state index contributed by atoms with van der Waals surface area (Å²) < 4.78 is 31.5. The molecule has 0 rings (SSSR count). The van der Waals surface area contributed by atoms with Crippen molar-refractivity contribution in [1.29, 1.82) is 0 Å². The number of aliphatic carboxylic acids is 1. The molecule has 0 saturated carbocycles. The number of carboxylic acid groups (broad SMARTS) is 1. The molecule has 0 N–H and O–H groups in total. The molecule has 6 heteroatoms. The zero-order chi connectivity index (χ0) is 9.49. The van der Waals surface area contributed by atoms with Gasteiger partial charge in [0.25, 0.3) is 0 Å². The molecule has 0 aromatic rings. The number of carboxylic acids is 1. The van der Waals surface area contributed by atoms with Gasteiger partial charge < -0.3 is 9.90 Å². The van der Waals surface area contributed by atoms with Crippen molar-refractivity contribution >= 4 is 5.97 Å². The van der Waals surface area contributed by atoms with Gasteiger partial charge in [-0.15, -0.1) is 0 Å². The van der Waals surface area contributed by atoms with Crippen LogP contribution in [0.5, 0.6) is 0 Å². The van der Waals surface area contributed by atoms with Gasteiger partial charge in [0.2, 0.25) is 0 Å². The van der Waals surface area contributed by atoms with E-state index in [4.69, 9.17) is 9.90 Å². The molecule has 11 heavy (non-hydrogen) atoms. The molecule has 0 amide bonds. The Balaban J connectivity index is 0. The van der Waals surface area contributed by atoms with Crippen molar-refractivity contribution in [3.8, 4) is 0 Å². The molecule has 0 atom stereocenters. The van der Waals surface area contributed by atoms with Crippen molar-refractivity contribution in [3.05, 3.63) is 12.7 Å². The fourth-order valence-corrected chi connectivity index (χ4v) is 0. The van der Waals surface area contributed by atoms with Crippen molar-refractivity contribution in [2.45, 2.75) is 11.1 Å².